The van der Waals surface area contributed by atoms with E-state index in [2.05, 4.69) is 25.6 Å². The number of carbonyl (C=O) groups excluding carboxylic acids is 2. The number of H-pyrrole nitrogens is 1. The van der Waals surface area contributed by atoms with E-state index in [1.807, 2.05) is 6.07 Å². The van der Waals surface area contributed by atoms with Gasteiger partial charge < -0.3 is 15.6 Å². The van der Waals surface area contributed by atoms with Crippen LogP contribution in [0.4, 0.5) is 24.5 Å². The van der Waals surface area contributed by atoms with Crippen molar-refractivity contribution in [3.63, 3.8) is 0 Å². The Bertz CT molecular complexity index is 1510. The number of hydrogen-bond donors (Lipinski definition) is 3. The van der Waals surface area contributed by atoms with Gasteiger partial charge in [-0.1, -0.05) is 17.7 Å². The van der Waals surface area contributed by atoms with Crippen molar-refractivity contribution in [2.45, 2.75) is 31.4 Å². The minimum Gasteiger partial charge on any atom is -0.346 e. The summed E-state index contributed by atoms with van der Waals surface area (Å²) in [6.45, 7) is 1.78. The predicted molar refractivity (Wildman–Crippen MR) is 129 cm³/mol. The van der Waals surface area contributed by atoms with Crippen LogP contribution in [-0.4, -0.2) is 26.8 Å². The van der Waals surface area contributed by atoms with Gasteiger partial charge in [0.05, 0.1) is 21.7 Å². The van der Waals surface area contributed by atoms with Crippen LogP contribution >= 0.6 is 11.6 Å². The summed E-state index contributed by atoms with van der Waals surface area (Å²) in [5.74, 6) is -0.885. The summed E-state index contributed by atoms with van der Waals surface area (Å²) < 4.78 is 39.5. The van der Waals surface area contributed by atoms with Gasteiger partial charge in [-0.15, -0.1) is 0 Å². The highest BCUT2D eigenvalue weighted by molar-refractivity contribution is 6.31. The highest BCUT2D eigenvalue weighted by Crippen LogP contribution is 2.50. The smallest absolute Gasteiger partial charge is 0.346 e. The Morgan fingerprint density at radius 1 is 1.06 bits per heavy atom. The topological polar surface area (TPSA) is 99.8 Å². The summed E-state index contributed by atoms with van der Waals surface area (Å²) in [5.41, 5.74) is 0.686. The molecular weight excluding hydrogens is 495 g/mol. The second kappa shape index (κ2) is 8.63. The summed E-state index contributed by atoms with van der Waals surface area (Å²) in [7, 11) is 0. The van der Waals surface area contributed by atoms with Crippen molar-refractivity contribution < 1.29 is 22.8 Å². The van der Waals surface area contributed by atoms with Crippen molar-refractivity contribution in [3.8, 4) is 0 Å². The third-order valence-electron chi connectivity index (χ3n) is 6.27. The predicted octanol–water partition coefficient (Wildman–Crippen LogP) is 5.86. The first kappa shape index (κ1) is 23.8. The van der Waals surface area contributed by atoms with Crippen LogP contribution in [-0.2, 0) is 16.4 Å². The minimum atomic E-state index is -4.66. The van der Waals surface area contributed by atoms with Crippen molar-refractivity contribution in [2.24, 2.45) is 0 Å². The van der Waals surface area contributed by atoms with E-state index < -0.39 is 28.1 Å². The van der Waals surface area contributed by atoms with Gasteiger partial charge in [-0.05, 0) is 61.7 Å². The fourth-order valence-corrected chi connectivity index (χ4v) is 4.34. The van der Waals surface area contributed by atoms with E-state index in [9.17, 15) is 22.8 Å². The van der Waals surface area contributed by atoms with Gasteiger partial charge in [0.25, 0.3) is 5.91 Å². The van der Waals surface area contributed by atoms with E-state index in [4.69, 9.17) is 11.6 Å². The van der Waals surface area contributed by atoms with Gasteiger partial charge in [-0.25, -0.2) is 9.97 Å². The summed E-state index contributed by atoms with van der Waals surface area (Å²) in [4.78, 5) is 37.7. The first-order valence-corrected chi connectivity index (χ1v) is 11.3. The van der Waals surface area contributed by atoms with Crippen LogP contribution in [0.2, 0.25) is 5.02 Å². The molecule has 184 valence electrons. The molecule has 2 aromatic heterocycles. The molecule has 0 unspecified atom stereocenters. The molecule has 0 spiro atoms. The van der Waals surface area contributed by atoms with E-state index in [1.165, 1.54) is 24.5 Å². The number of benzene rings is 2. The number of nitrogens with one attached hydrogen (secondary N) is 3. The number of anilines is 2. The summed E-state index contributed by atoms with van der Waals surface area (Å²) in [6, 6.07) is 9.64. The number of aromatic nitrogens is 3. The second-order valence-corrected chi connectivity index (χ2v) is 9.08. The third-order valence-corrected chi connectivity index (χ3v) is 6.60. The monoisotopic (exact) mass is 513 g/mol. The van der Waals surface area contributed by atoms with Crippen LogP contribution in [0.15, 0.2) is 55.0 Å². The lowest BCUT2D eigenvalue weighted by molar-refractivity contribution is -0.137. The molecule has 5 rings (SSSR count). The van der Waals surface area contributed by atoms with Gasteiger partial charge in [0.15, 0.2) is 0 Å². The third kappa shape index (κ3) is 4.28. The molecule has 11 heteroatoms. The highest BCUT2D eigenvalue weighted by Gasteiger charge is 2.53. The molecule has 3 N–H and O–H groups in total. The zero-order valence-electron chi connectivity index (χ0n) is 18.8. The average Bonchev–Trinajstić information content (AvgIpc) is 3.50. The molecular formula is C25H19ClF3N5O2. The molecule has 2 heterocycles. The number of hydrogen-bond acceptors (Lipinski definition) is 4. The van der Waals surface area contributed by atoms with Crippen molar-refractivity contribution >= 4 is 45.8 Å². The van der Waals surface area contributed by atoms with Crippen LogP contribution in [0.5, 0.6) is 0 Å². The molecule has 2 aromatic carbocycles. The first-order valence-electron chi connectivity index (χ1n) is 11.0. The molecule has 0 atom stereocenters. The Labute approximate surface area is 208 Å². The van der Waals surface area contributed by atoms with Crippen LogP contribution in [0.1, 0.15) is 40.0 Å². The Morgan fingerprint density at radius 2 is 1.83 bits per heavy atom. The molecule has 0 bridgehead atoms. The van der Waals surface area contributed by atoms with E-state index in [-0.39, 0.29) is 17.2 Å². The number of rotatable bonds is 5. The number of amides is 2. The lowest BCUT2D eigenvalue weighted by Crippen LogP contribution is -2.29. The van der Waals surface area contributed by atoms with Crippen molar-refractivity contribution in [1.82, 2.24) is 15.0 Å². The quantitative estimate of drug-likeness (QED) is 0.311. The molecule has 4 aromatic rings. The summed E-state index contributed by atoms with van der Waals surface area (Å²) >= 11 is 5.65. The zero-order valence-corrected chi connectivity index (χ0v) is 19.6. The van der Waals surface area contributed by atoms with Gasteiger partial charge >= 0.3 is 6.18 Å². The van der Waals surface area contributed by atoms with Crippen LogP contribution in [0.25, 0.3) is 11.0 Å². The Morgan fingerprint density at radius 3 is 2.56 bits per heavy atom. The lowest BCUT2D eigenvalue weighted by atomic mass is 9.98. The Balaban J connectivity index is 1.37. The maximum absolute atomic E-state index is 13.3. The Hall–Kier alpha value is -3.92. The standard InChI is InChI=1S/C25H19ClF3N5O2/c1-13-2-3-14(22(35)33-15-4-5-18(26)17(11-15)25(27,28)29)10-19(13)34-23(36)24(7-8-24)20-16-6-9-30-21(16)32-12-31-20/h2-6,9-12H,7-8H2,1H3,(H,33,35)(H,34,36)(H,30,31,32). The Kier molecular flexibility index (Phi) is 5.71. The van der Waals surface area contributed by atoms with Crippen molar-refractivity contribution in [1.29, 1.82) is 0 Å². The number of nitrogens with zero attached hydrogens (tertiary/aromatic N) is 2. The highest BCUT2D eigenvalue weighted by atomic mass is 35.5. The van der Waals surface area contributed by atoms with Crippen LogP contribution < -0.4 is 10.6 Å². The normalized spacial score (nSPS) is 14.5. The van der Waals surface area contributed by atoms with Gasteiger partial charge in [-0.3, -0.25) is 9.59 Å². The number of fused-ring (bicyclic) bond motifs is 1. The largest absolute Gasteiger partial charge is 0.417 e. The summed E-state index contributed by atoms with van der Waals surface area (Å²) in [6.07, 6.45) is -0.269. The average molecular weight is 514 g/mol. The molecule has 1 saturated carbocycles. The van der Waals surface area contributed by atoms with E-state index in [1.54, 1.807) is 19.2 Å². The van der Waals surface area contributed by atoms with Gasteiger partial charge in [0.1, 0.15) is 12.0 Å². The molecule has 1 fully saturated rings. The maximum atomic E-state index is 13.3. The molecule has 36 heavy (non-hydrogen) atoms. The molecule has 2 amide bonds. The second-order valence-electron chi connectivity index (χ2n) is 8.67. The number of halogens is 4. The number of aromatic amines is 1. The lowest BCUT2D eigenvalue weighted by Gasteiger charge is -2.17. The fraction of sp³-hybridized carbons (Fsp3) is 0.200. The first-order chi connectivity index (χ1) is 17.1. The van der Waals surface area contributed by atoms with Gasteiger partial charge in [0, 0.05) is 28.5 Å². The van der Waals surface area contributed by atoms with E-state index in [0.29, 0.717) is 29.9 Å². The van der Waals surface area contributed by atoms with E-state index in [0.717, 1.165) is 23.1 Å². The maximum Gasteiger partial charge on any atom is 0.417 e. The number of carbonyl (C=O) groups is 2. The van der Waals surface area contributed by atoms with Crippen molar-refractivity contribution in [2.75, 3.05) is 10.6 Å². The minimum absolute atomic E-state index is 0.0564. The molecule has 0 aliphatic heterocycles. The van der Waals surface area contributed by atoms with Crippen molar-refractivity contribution in [3.05, 3.63) is 82.4 Å². The van der Waals surface area contributed by atoms with Gasteiger partial charge in [0.2, 0.25) is 5.91 Å². The van der Waals surface area contributed by atoms with Crippen LogP contribution in [0, 0.1) is 6.92 Å². The summed E-state index contributed by atoms with van der Waals surface area (Å²) in [5, 5.41) is 5.67. The molecule has 0 saturated heterocycles. The number of aryl methyl sites for hydroxylation is 1. The molecule has 1 aliphatic rings. The molecule has 7 nitrogen and oxygen atoms in total. The zero-order chi connectivity index (χ0) is 25.7. The number of alkyl halides is 3. The van der Waals surface area contributed by atoms with Gasteiger partial charge in [-0.2, -0.15) is 13.2 Å². The SMILES string of the molecule is Cc1ccc(C(=O)Nc2ccc(Cl)c(C(F)(F)F)c2)cc1NC(=O)C1(c2ncnc3[nH]ccc23)CC1. The molecule has 1 aliphatic carbocycles. The van der Waals surface area contributed by atoms with E-state index >= 15 is 0 Å². The van der Waals surface area contributed by atoms with Crippen LogP contribution in [0.3, 0.4) is 0 Å². The molecule has 0 radical (unpaired) electrons. The fourth-order valence-electron chi connectivity index (χ4n) is 4.11.